The summed E-state index contributed by atoms with van der Waals surface area (Å²) in [6.45, 7) is 2.79. The molecule has 11 nitrogen and oxygen atoms in total. The lowest BCUT2D eigenvalue weighted by Crippen LogP contribution is -2.56. The first-order valence-electron chi connectivity index (χ1n) is 15.2. The van der Waals surface area contributed by atoms with Crippen LogP contribution in [0.1, 0.15) is 23.2 Å². The smallest absolute Gasteiger partial charge is 0.410 e. The maximum Gasteiger partial charge on any atom is 0.410 e. The van der Waals surface area contributed by atoms with Crippen LogP contribution in [0.5, 0.6) is 5.75 Å². The summed E-state index contributed by atoms with van der Waals surface area (Å²) in [5.41, 5.74) is 3.73. The third-order valence-corrected chi connectivity index (χ3v) is 9.02. The number of anilines is 2. The topological polar surface area (TPSA) is 121 Å². The molecule has 0 bridgehead atoms. The maximum absolute atomic E-state index is 13.1. The standard InChI is InChI=1S/C34H36N6O5S/c1-43-23-45-27-18-25-10-6-7-11-28(25)31(19-27)38-15-13-29-30(21-38)36-33(46(2)42)37-32(29)39-16-17-40(26(20-39)12-14-35)34(41)44-22-24-8-4-3-5-9-24/h3-11,18-19,26H,12-13,15-17,20-23H2,1-2H3/t26-,46?/m0/s1. The Kier molecular flexibility index (Phi) is 9.61. The molecule has 1 unspecified atom stereocenters. The fourth-order valence-corrected chi connectivity index (χ4v) is 6.54. The first-order valence-corrected chi connectivity index (χ1v) is 16.7. The highest BCUT2D eigenvalue weighted by molar-refractivity contribution is 7.84. The summed E-state index contributed by atoms with van der Waals surface area (Å²) in [4.78, 5) is 28.7. The normalized spacial score (nSPS) is 16.9. The highest BCUT2D eigenvalue weighted by atomic mass is 32.2. The van der Waals surface area contributed by atoms with E-state index in [-0.39, 0.29) is 31.0 Å². The third kappa shape index (κ3) is 6.76. The number of nitrogens with zero attached hydrogens (tertiary/aromatic N) is 6. The summed E-state index contributed by atoms with van der Waals surface area (Å²) in [6.07, 6.45) is 1.96. The van der Waals surface area contributed by atoms with Gasteiger partial charge >= 0.3 is 6.09 Å². The molecule has 1 fully saturated rings. The van der Waals surface area contributed by atoms with E-state index in [1.807, 2.05) is 54.6 Å². The SMILES string of the molecule is COCOc1cc(N2CCc3c(nc(S(C)=O)nc3N3CCN(C(=O)OCc4ccccc4)[C@@H](CC#N)C3)C2)c2ccccc2c1. The number of carbonyl (C=O) groups is 1. The molecule has 2 aliphatic rings. The molecule has 238 valence electrons. The van der Waals surface area contributed by atoms with Crippen molar-refractivity contribution in [2.75, 3.05) is 56.1 Å². The van der Waals surface area contributed by atoms with Gasteiger partial charge in [-0.1, -0.05) is 54.6 Å². The molecule has 1 saturated heterocycles. The largest absolute Gasteiger partial charge is 0.467 e. The quantitative estimate of drug-likeness (QED) is 0.189. The first kappa shape index (κ1) is 31.3. The number of fused-ring (bicyclic) bond motifs is 2. The van der Waals surface area contributed by atoms with E-state index >= 15 is 0 Å². The highest BCUT2D eigenvalue weighted by Gasteiger charge is 2.35. The number of benzene rings is 3. The number of amides is 1. The zero-order chi connectivity index (χ0) is 32.0. The summed E-state index contributed by atoms with van der Waals surface area (Å²) in [5.74, 6) is 1.43. The molecule has 2 aliphatic heterocycles. The van der Waals surface area contributed by atoms with Gasteiger partial charge in [-0.15, -0.1) is 0 Å². The van der Waals surface area contributed by atoms with Gasteiger partial charge in [0.25, 0.3) is 0 Å². The number of methoxy groups -OCH3 is 1. The Morgan fingerprint density at radius 3 is 2.63 bits per heavy atom. The van der Waals surface area contributed by atoms with E-state index in [1.54, 1.807) is 18.3 Å². The molecule has 3 heterocycles. The average Bonchev–Trinajstić information content (AvgIpc) is 3.09. The van der Waals surface area contributed by atoms with Crippen LogP contribution < -0.4 is 14.5 Å². The third-order valence-electron chi connectivity index (χ3n) is 8.33. The van der Waals surface area contributed by atoms with Crippen molar-refractivity contribution >= 4 is 39.2 Å². The number of ether oxygens (including phenoxy) is 3. The second kappa shape index (κ2) is 14.1. The van der Waals surface area contributed by atoms with E-state index in [4.69, 9.17) is 24.2 Å². The van der Waals surface area contributed by atoms with Gasteiger partial charge in [-0.2, -0.15) is 5.26 Å². The van der Waals surface area contributed by atoms with Crippen LogP contribution in [0.4, 0.5) is 16.3 Å². The van der Waals surface area contributed by atoms with E-state index in [1.165, 1.54) is 0 Å². The Hall–Kier alpha value is -4.73. The van der Waals surface area contributed by atoms with Crippen LogP contribution in [-0.4, -0.2) is 77.5 Å². The molecular formula is C34H36N6O5S. The number of piperazine rings is 1. The molecule has 3 aromatic carbocycles. The van der Waals surface area contributed by atoms with E-state index in [0.29, 0.717) is 44.9 Å². The van der Waals surface area contributed by atoms with Gasteiger partial charge in [-0.25, -0.2) is 14.8 Å². The summed E-state index contributed by atoms with van der Waals surface area (Å²) < 4.78 is 29.3. The minimum Gasteiger partial charge on any atom is -0.467 e. The van der Waals surface area contributed by atoms with E-state index in [9.17, 15) is 14.3 Å². The molecule has 1 aromatic heterocycles. The van der Waals surface area contributed by atoms with Crippen molar-refractivity contribution in [1.29, 1.82) is 5.26 Å². The zero-order valence-corrected chi connectivity index (χ0v) is 26.7. The van der Waals surface area contributed by atoms with Crippen molar-refractivity contribution < 1.29 is 23.2 Å². The Morgan fingerprint density at radius 2 is 1.85 bits per heavy atom. The van der Waals surface area contributed by atoms with Crippen LogP contribution in [0.15, 0.2) is 71.9 Å². The van der Waals surface area contributed by atoms with E-state index in [2.05, 4.69) is 28.0 Å². The molecule has 0 spiro atoms. The molecule has 1 amide bonds. The number of rotatable bonds is 9. The van der Waals surface area contributed by atoms with Crippen LogP contribution >= 0.6 is 0 Å². The summed E-state index contributed by atoms with van der Waals surface area (Å²) >= 11 is 0. The van der Waals surface area contributed by atoms with E-state index < -0.39 is 16.9 Å². The molecule has 0 N–H and O–H groups in total. The Labute approximate surface area is 270 Å². The lowest BCUT2D eigenvalue weighted by atomic mass is 10.0. The molecule has 6 rings (SSSR count). The zero-order valence-electron chi connectivity index (χ0n) is 25.9. The van der Waals surface area contributed by atoms with Crippen LogP contribution in [0.3, 0.4) is 0 Å². The Bertz CT molecular complexity index is 1780. The fourth-order valence-electron chi connectivity index (χ4n) is 6.09. The summed E-state index contributed by atoms with van der Waals surface area (Å²) in [7, 11) is 0.181. The van der Waals surface area contributed by atoms with Crippen molar-refractivity contribution in [3.63, 3.8) is 0 Å². The van der Waals surface area contributed by atoms with Crippen molar-refractivity contribution in [2.45, 2.75) is 37.2 Å². The van der Waals surface area contributed by atoms with Gasteiger partial charge in [0.1, 0.15) is 18.2 Å². The van der Waals surface area contributed by atoms with Crippen LogP contribution in [0.25, 0.3) is 10.8 Å². The van der Waals surface area contributed by atoms with Crippen LogP contribution in [0, 0.1) is 11.3 Å². The van der Waals surface area contributed by atoms with Crippen molar-refractivity contribution in [2.24, 2.45) is 0 Å². The minimum absolute atomic E-state index is 0.147. The van der Waals surface area contributed by atoms with Crippen molar-refractivity contribution in [1.82, 2.24) is 14.9 Å². The van der Waals surface area contributed by atoms with Gasteiger partial charge in [0.15, 0.2) is 6.79 Å². The second-order valence-corrected chi connectivity index (χ2v) is 12.6. The summed E-state index contributed by atoms with van der Waals surface area (Å²) in [5, 5.41) is 12.1. The molecule has 4 aromatic rings. The Morgan fingerprint density at radius 1 is 1.04 bits per heavy atom. The van der Waals surface area contributed by atoms with Crippen LogP contribution in [-0.2, 0) is 39.8 Å². The lowest BCUT2D eigenvalue weighted by molar-refractivity contribution is 0.0512. The number of hydrogen-bond donors (Lipinski definition) is 0. The molecule has 0 aliphatic carbocycles. The maximum atomic E-state index is 13.1. The van der Waals surface area contributed by atoms with Crippen molar-refractivity contribution in [3.05, 3.63) is 83.6 Å². The van der Waals surface area contributed by atoms with Gasteiger partial charge in [0.05, 0.1) is 41.6 Å². The monoisotopic (exact) mass is 640 g/mol. The van der Waals surface area contributed by atoms with Crippen molar-refractivity contribution in [3.8, 4) is 11.8 Å². The second-order valence-electron chi connectivity index (χ2n) is 11.3. The lowest BCUT2D eigenvalue weighted by Gasteiger charge is -2.42. The molecule has 2 atom stereocenters. The number of aromatic nitrogens is 2. The fraction of sp³-hybridized carbons (Fsp3) is 0.353. The molecule has 0 radical (unpaired) electrons. The molecular weight excluding hydrogens is 604 g/mol. The van der Waals surface area contributed by atoms with Gasteiger partial charge in [0, 0.05) is 62.2 Å². The Balaban J connectivity index is 1.26. The predicted octanol–water partition coefficient (Wildman–Crippen LogP) is 4.65. The predicted molar refractivity (Wildman–Crippen MR) is 175 cm³/mol. The molecule has 12 heteroatoms. The minimum atomic E-state index is -1.41. The van der Waals surface area contributed by atoms with Gasteiger partial charge < -0.3 is 28.9 Å². The summed E-state index contributed by atoms with van der Waals surface area (Å²) in [6, 6.07) is 23.6. The first-order chi connectivity index (χ1) is 22.4. The average molecular weight is 641 g/mol. The molecule has 0 saturated carbocycles. The highest BCUT2D eigenvalue weighted by Crippen LogP contribution is 2.37. The number of hydrogen-bond acceptors (Lipinski definition) is 10. The van der Waals surface area contributed by atoms with Gasteiger partial charge in [-0.3, -0.25) is 4.21 Å². The van der Waals surface area contributed by atoms with Crippen LogP contribution in [0.2, 0.25) is 0 Å². The number of carbonyl (C=O) groups excluding carboxylic acids is 1. The van der Waals surface area contributed by atoms with Gasteiger partial charge in [-0.05, 0) is 23.4 Å². The van der Waals surface area contributed by atoms with Gasteiger partial charge in [0.2, 0.25) is 5.16 Å². The number of nitriles is 1. The molecule has 46 heavy (non-hydrogen) atoms. The van der Waals surface area contributed by atoms with E-state index in [0.717, 1.165) is 39.1 Å².